The number of aliphatic hydroxyl groups excluding tert-OH is 1. The number of hydrogen-bond acceptors (Lipinski definition) is 5. The lowest BCUT2D eigenvalue weighted by Crippen LogP contribution is -2.49. The molecule has 0 unspecified atom stereocenters. The lowest BCUT2D eigenvalue weighted by atomic mass is 9.91. The monoisotopic (exact) mass is 477 g/mol. The molecule has 1 aliphatic heterocycles. The zero-order chi connectivity index (χ0) is 24.9. The van der Waals surface area contributed by atoms with Crippen LogP contribution in [0.25, 0.3) is 0 Å². The first-order valence-electron chi connectivity index (χ1n) is 12.5. The number of para-hydroxylation sites is 1. The first kappa shape index (κ1) is 24.9. The van der Waals surface area contributed by atoms with Gasteiger partial charge in [-0.3, -0.25) is 9.59 Å². The second-order valence-electron chi connectivity index (χ2n) is 9.53. The Balaban J connectivity index is 1.67. The number of fused-ring (bicyclic) bond motifs is 1. The Morgan fingerprint density at radius 2 is 1.91 bits per heavy atom. The zero-order valence-corrected chi connectivity index (χ0v) is 20.7. The first-order valence-corrected chi connectivity index (χ1v) is 12.5. The molecule has 186 valence electrons. The summed E-state index contributed by atoms with van der Waals surface area (Å²) in [6.07, 6.45) is 3.39. The fourth-order valence-electron chi connectivity index (χ4n) is 4.60. The first-order chi connectivity index (χ1) is 16.9. The van der Waals surface area contributed by atoms with Crippen molar-refractivity contribution in [3.63, 3.8) is 0 Å². The van der Waals surface area contributed by atoms with Gasteiger partial charge in [0.25, 0.3) is 5.91 Å². The van der Waals surface area contributed by atoms with Crippen LogP contribution in [-0.4, -0.2) is 49.1 Å². The highest BCUT2D eigenvalue weighted by Gasteiger charge is 2.37. The Kier molecular flexibility index (Phi) is 7.86. The summed E-state index contributed by atoms with van der Waals surface area (Å²) in [6.45, 7) is 2.07. The summed E-state index contributed by atoms with van der Waals surface area (Å²) in [5.74, 6) is 0.0198. The normalized spacial score (nSPS) is 19.3. The molecule has 35 heavy (non-hydrogen) atoms. The molecule has 2 N–H and O–H groups in total. The molecule has 2 aromatic rings. The van der Waals surface area contributed by atoms with Crippen molar-refractivity contribution in [3.05, 3.63) is 59.7 Å². The summed E-state index contributed by atoms with van der Waals surface area (Å²) in [6, 6.07) is 15.1. The lowest BCUT2D eigenvalue weighted by molar-refractivity contribution is -0.133. The van der Waals surface area contributed by atoms with Crippen molar-refractivity contribution in [2.24, 2.45) is 16.8 Å². The number of benzodiazepines with no additional fused rings is 1. The van der Waals surface area contributed by atoms with Crippen LogP contribution in [-0.2, 0) is 9.59 Å². The minimum atomic E-state index is -1.09. The predicted octanol–water partition coefficient (Wildman–Crippen LogP) is 3.92. The second-order valence-corrected chi connectivity index (χ2v) is 9.53. The molecule has 1 saturated carbocycles. The number of hydrogen-bond donors (Lipinski definition) is 2. The van der Waals surface area contributed by atoms with Crippen molar-refractivity contribution in [3.8, 4) is 5.75 Å². The van der Waals surface area contributed by atoms with E-state index < -0.39 is 18.2 Å². The maximum absolute atomic E-state index is 13.4. The minimum Gasteiger partial charge on any atom is -0.497 e. The molecule has 0 saturated heterocycles. The Labute approximate surface area is 207 Å². The minimum absolute atomic E-state index is 0.309. The summed E-state index contributed by atoms with van der Waals surface area (Å²) in [5.41, 5.74) is 2.97. The van der Waals surface area contributed by atoms with Crippen LogP contribution in [0.3, 0.4) is 0 Å². The molecule has 2 amide bonds. The average molecular weight is 478 g/mol. The summed E-state index contributed by atoms with van der Waals surface area (Å²) < 4.78 is 5.29. The molecule has 2 aliphatic rings. The van der Waals surface area contributed by atoms with E-state index in [0.717, 1.165) is 48.2 Å². The van der Waals surface area contributed by atoms with Gasteiger partial charge in [-0.1, -0.05) is 50.8 Å². The number of carbonyl (C=O) groups is 2. The average Bonchev–Trinajstić information content (AvgIpc) is 3.72. The van der Waals surface area contributed by atoms with Crippen LogP contribution in [0, 0.1) is 11.8 Å². The lowest BCUT2D eigenvalue weighted by Gasteiger charge is -2.25. The number of carbonyl (C=O) groups excluding carboxylic acids is 2. The number of likely N-dealkylation sites (N-methyl/N-ethyl adjacent to an activating group) is 1. The van der Waals surface area contributed by atoms with E-state index in [9.17, 15) is 14.7 Å². The molecular formula is C28H35N3O4. The Morgan fingerprint density at radius 1 is 1.20 bits per heavy atom. The van der Waals surface area contributed by atoms with Crippen LogP contribution < -0.4 is 15.0 Å². The van der Waals surface area contributed by atoms with Crippen molar-refractivity contribution >= 4 is 23.2 Å². The van der Waals surface area contributed by atoms with Crippen LogP contribution in [0.1, 0.15) is 56.6 Å². The van der Waals surface area contributed by atoms with Crippen LogP contribution in [0.5, 0.6) is 5.75 Å². The van der Waals surface area contributed by atoms with Gasteiger partial charge in [-0.15, -0.1) is 0 Å². The molecular weight excluding hydrogens is 442 g/mol. The highest BCUT2D eigenvalue weighted by Crippen LogP contribution is 2.37. The van der Waals surface area contributed by atoms with E-state index in [2.05, 4.69) is 12.2 Å². The summed E-state index contributed by atoms with van der Waals surface area (Å²) in [7, 11) is 3.31. The molecule has 0 bridgehead atoms. The van der Waals surface area contributed by atoms with Gasteiger partial charge in [-0.2, -0.15) is 0 Å². The van der Waals surface area contributed by atoms with E-state index >= 15 is 0 Å². The number of anilines is 1. The molecule has 0 aromatic heterocycles. The van der Waals surface area contributed by atoms with Crippen molar-refractivity contribution in [1.82, 2.24) is 5.32 Å². The van der Waals surface area contributed by atoms with Crippen LogP contribution in [0.2, 0.25) is 0 Å². The number of nitrogens with one attached hydrogen (secondary N) is 1. The largest absolute Gasteiger partial charge is 0.497 e. The molecule has 3 atom stereocenters. The van der Waals surface area contributed by atoms with Gasteiger partial charge < -0.3 is 20.1 Å². The number of ether oxygens (including phenoxy) is 1. The number of rotatable bonds is 10. The number of aliphatic imine (C=N–C) groups is 1. The highest BCUT2D eigenvalue weighted by atomic mass is 16.5. The maximum Gasteiger partial charge on any atom is 0.272 e. The van der Waals surface area contributed by atoms with E-state index in [1.165, 1.54) is 0 Å². The molecule has 7 heteroatoms. The second kappa shape index (κ2) is 11.0. The van der Waals surface area contributed by atoms with E-state index in [1.807, 2.05) is 48.5 Å². The maximum atomic E-state index is 13.4. The smallest absolute Gasteiger partial charge is 0.272 e. The molecule has 0 spiro atoms. The third-order valence-corrected chi connectivity index (χ3v) is 6.92. The summed E-state index contributed by atoms with van der Waals surface area (Å²) in [4.78, 5) is 33.2. The fraction of sp³-hybridized carbons (Fsp3) is 0.464. The number of methoxy groups -OCH3 is 1. The Morgan fingerprint density at radius 3 is 2.57 bits per heavy atom. The van der Waals surface area contributed by atoms with Crippen LogP contribution >= 0.6 is 0 Å². The molecule has 7 nitrogen and oxygen atoms in total. The summed E-state index contributed by atoms with van der Waals surface area (Å²) >= 11 is 0. The molecule has 0 radical (unpaired) electrons. The third kappa shape index (κ3) is 5.73. The van der Waals surface area contributed by atoms with Crippen LogP contribution in [0.4, 0.5) is 5.69 Å². The van der Waals surface area contributed by atoms with Gasteiger partial charge in [0.15, 0.2) is 0 Å². The number of nitrogens with zero attached hydrogens (tertiary/aromatic N) is 2. The number of aliphatic hydroxyl groups is 1. The van der Waals surface area contributed by atoms with Gasteiger partial charge >= 0.3 is 0 Å². The van der Waals surface area contributed by atoms with Gasteiger partial charge in [-0.25, -0.2) is 4.99 Å². The zero-order valence-electron chi connectivity index (χ0n) is 20.7. The highest BCUT2D eigenvalue weighted by molar-refractivity contribution is 6.20. The van der Waals surface area contributed by atoms with Crippen molar-refractivity contribution < 1.29 is 19.4 Å². The predicted molar refractivity (Wildman–Crippen MR) is 137 cm³/mol. The van der Waals surface area contributed by atoms with E-state index in [0.29, 0.717) is 24.5 Å². The molecule has 1 aliphatic carbocycles. The van der Waals surface area contributed by atoms with Gasteiger partial charge in [0.1, 0.15) is 5.75 Å². The molecule has 1 heterocycles. The number of benzene rings is 2. The fourth-order valence-corrected chi connectivity index (χ4v) is 4.60. The van der Waals surface area contributed by atoms with Crippen molar-refractivity contribution in [2.45, 2.75) is 57.7 Å². The Hall–Kier alpha value is -3.19. The van der Waals surface area contributed by atoms with E-state index in [1.54, 1.807) is 19.1 Å². The van der Waals surface area contributed by atoms with Gasteiger partial charge in [0.05, 0.1) is 30.5 Å². The van der Waals surface area contributed by atoms with E-state index in [-0.39, 0.29) is 11.8 Å². The number of amides is 2. The standard InChI is InChI=1S/C28H35N3O4/c1-4-5-10-24(32)22(17-18-11-12-18)27(33)30-26-28(34)31(2)23-9-7-6-8-21(23)25(29-26)19-13-15-20(35-3)16-14-19/h6-9,13-16,18,22,24,26,32H,4-5,10-12,17H2,1-3H3,(H,30,33)/t22-,24+,26-/m1/s1. The quantitative estimate of drug-likeness (QED) is 0.543. The topological polar surface area (TPSA) is 91.2 Å². The van der Waals surface area contributed by atoms with Gasteiger partial charge in [-0.05, 0) is 49.1 Å². The number of unbranched alkanes of at least 4 members (excludes halogenated alkanes) is 1. The van der Waals surface area contributed by atoms with Crippen LogP contribution in [0.15, 0.2) is 53.5 Å². The third-order valence-electron chi connectivity index (χ3n) is 6.92. The van der Waals surface area contributed by atoms with Crippen molar-refractivity contribution in [1.29, 1.82) is 0 Å². The van der Waals surface area contributed by atoms with Gasteiger partial charge in [0.2, 0.25) is 12.1 Å². The van der Waals surface area contributed by atoms with Crippen molar-refractivity contribution in [2.75, 3.05) is 19.1 Å². The molecule has 4 rings (SSSR count). The molecule has 1 fully saturated rings. The van der Waals surface area contributed by atoms with Gasteiger partial charge in [0, 0.05) is 18.2 Å². The summed E-state index contributed by atoms with van der Waals surface area (Å²) in [5, 5.41) is 13.7. The SMILES string of the molecule is CCCC[C@H](O)[C@@H](CC1CC1)C(=O)N[C@H]1N=C(c2ccc(OC)cc2)c2ccccc2N(C)C1=O. The Bertz CT molecular complexity index is 1080. The molecule has 2 aromatic carbocycles. The van der Waals surface area contributed by atoms with E-state index in [4.69, 9.17) is 9.73 Å².